The van der Waals surface area contributed by atoms with Crippen molar-refractivity contribution in [3.8, 4) is 17.0 Å². The van der Waals surface area contributed by atoms with Crippen LogP contribution in [0.2, 0.25) is 5.02 Å². The normalized spacial score (nSPS) is 25.9. The van der Waals surface area contributed by atoms with Crippen LogP contribution in [-0.4, -0.2) is 57.3 Å². The number of halogens is 3. The summed E-state index contributed by atoms with van der Waals surface area (Å²) in [4.78, 5) is 40.3. The molecule has 6 rings (SSSR count). The number of carbonyl (C=O) groups excluding carboxylic acids is 2. The van der Waals surface area contributed by atoms with E-state index >= 15 is 0 Å². The van der Waals surface area contributed by atoms with Gasteiger partial charge in [-0.15, -0.1) is 36.2 Å². The molecule has 0 bridgehead atoms. The Morgan fingerprint density at radius 2 is 1.83 bits per heavy atom. The fourth-order valence-electron chi connectivity index (χ4n) is 6.63. The van der Waals surface area contributed by atoms with Crippen molar-refractivity contribution >= 4 is 69.8 Å². The molecular weight excluding hydrogens is 603 g/mol. The molecule has 1 aromatic carbocycles. The van der Waals surface area contributed by atoms with E-state index in [-0.39, 0.29) is 66.0 Å². The van der Waals surface area contributed by atoms with Crippen molar-refractivity contribution in [1.29, 1.82) is 0 Å². The lowest BCUT2D eigenvalue weighted by Crippen LogP contribution is -2.44. The molecule has 3 aromatic rings. The average molecular weight is 640 g/mol. The van der Waals surface area contributed by atoms with Gasteiger partial charge >= 0.3 is 0 Å². The molecule has 0 radical (unpaired) electrons. The van der Waals surface area contributed by atoms with Crippen molar-refractivity contribution in [3.63, 3.8) is 0 Å². The molecule has 222 valence electrons. The number of imide groups is 1. The van der Waals surface area contributed by atoms with E-state index in [4.69, 9.17) is 21.3 Å². The molecule has 2 saturated heterocycles. The summed E-state index contributed by atoms with van der Waals surface area (Å²) in [5.41, 5.74) is 3.12. The minimum Gasteiger partial charge on any atom is -0.489 e. The minimum absolute atomic E-state index is 0. The van der Waals surface area contributed by atoms with Gasteiger partial charge in [0.15, 0.2) is 0 Å². The number of aryl methyl sites for hydroxylation is 1. The van der Waals surface area contributed by atoms with E-state index < -0.39 is 0 Å². The summed E-state index contributed by atoms with van der Waals surface area (Å²) in [6.07, 6.45) is 2.63. The lowest BCUT2D eigenvalue weighted by atomic mass is 9.96. The highest BCUT2D eigenvalue weighted by Gasteiger charge is 2.73. The van der Waals surface area contributed by atoms with Gasteiger partial charge in [-0.25, -0.2) is 9.97 Å². The quantitative estimate of drug-likeness (QED) is 0.271. The van der Waals surface area contributed by atoms with Gasteiger partial charge in [-0.1, -0.05) is 39.3 Å². The molecule has 3 unspecified atom stereocenters. The van der Waals surface area contributed by atoms with Gasteiger partial charge in [0.05, 0.1) is 33.8 Å². The fraction of sp³-hybridized carbons (Fsp3) is 0.533. The first-order chi connectivity index (χ1) is 18.5. The summed E-state index contributed by atoms with van der Waals surface area (Å²) in [6, 6.07) is 5.47. The molecule has 2 amide bonds. The number of aromatic nitrogens is 2. The summed E-state index contributed by atoms with van der Waals surface area (Å²) in [6.45, 7) is 15.5. The SMILES string of the molecule is CCN1CC[C@@H](Oc2c(C)cc(Cl)cc2-c2ncnc3cc(C(C)N4C(=O)C5C(C4=O)C5(C)C)sc23)[C@@H](C)C1.Cl.Cl. The van der Waals surface area contributed by atoms with E-state index in [0.29, 0.717) is 10.9 Å². The third-order valence-electron chi connectivity index (χ3n) is 9.09. The molecule has 41 heavy (non-hydrogen) atoms. The first-order valence-corrected chi connectivity index (χ1v) is 15.0. The maximum Gasteiger partial charge on any atom is 0.234 e. The summed E-state index contributed by atoms with van der Waals surface area (Å²) in [5, 5.41) is 0.621. The smallest absolute Gasteiger partial charge is 0.234 e. The Balaban J connectivity index is 0.00000194. The molecule has 3 fully saturated rings. The van der Waals surface area contributed by atoms with Crippen LogP contribution in [0, 0.1) is 30.1 Å². The molecule has 0 N–H and O–H groups in total. The Labute approximate surface area is 262 Å². The second-order valence-electron chi connectivity index (χ2n) is 12.0. The van der Waals surface area contributed by atoms with Crippen molar-refractivity contribution < 1.29 is 14.3 Å². The largest absolute Gasteiger partial charge is 0.489 e. The standard InChI is InChI=1S/C30H35ClN4O3S.2ClH/c1-7-34-9-8-21(16(3)13-34)38-26-15(2)10-18(31)11-19(26)25-27-20(32-14-33-25)12-22(39-27)17(4)35-28(36)23-24(29(35)37)30(23,5)6;;/h10-12,14,16-17,21,23-24H,7-9,13H2,1-6H3;2*1H/t16-,17?,21+,23?,24?;;/m0../s1. The number of likely N-dealkylation sites (tertiary alicyclic amines) is 2. The summed E-state index contributed by atoms with van der Waals surface area (Å²) < 4.78 is 7.63. The molecule has 4 heterocycles. The van der Waals surface area contributed by atoms with Crippen molar-refractivity contribution in [1.82, 2.24) is 19.8 Å². The van der Waals surface area contributed by atoms with Crippen LogP contribution in [0.4, 0.5) is 0 Å². The van der Waals surface area contributed by atoms with Crippen LogP contribution in [0.1, 0.15) is 57.5 Å². The fourth-order valence-corrected chi connectivity index (χ4v) is 8.06. The van der Waals surface area contributed by atoms with Crippen molar-refractivity contribution in [2.75, 3.05) is 19.6 Å². The molecule has 11 heteroatoms. The lowest BCUT2D eigenvalue weighted by Gasteiger charge is -2.37. The highest BCUT2D eigenvalue weighted by molar-refractivity contribution is 7.19. The molecule has 2 aromatic heterocycles. The third kappa shape index (κ3) is 5.24. The van der Waals surface area contributed by atoms with Crippen molar-refractivity contribution in [2.45, 2.75) is 60.1 Å². The number of thiophene rings is 1. The van der Waals surface area contributed by atoms with E-state index in [2.05, 4.69) is 23.7 Å². The Hall–Kier alpha value is -1.97. The predicted octanol–water partition coefficient (Wildman–Crippen LogP) is 6.97. The number of nitrogens with zero attached hydrogens (tertiary/aromatic N) is 4. The van der Waals surface area contributed by atoms with Crippen LogP contribution in [0.25, 0.3) is 21.5 Å². The number of hydrogen-bond acceptors (Lipinski definition) is 7. The van der Waals surface area contributed by atoms with Crippen LogP contribution < -0.4 is 4.74 Å². The van der Waals surface area contributed by atoms with E-state index in [1.165, 1.54) is 16.2 Å². The Morgan fingerprint density at radius 3 is 2.46 bits per heavy atom. The van der Waals surface area contributed by atoms with Gasteiger partial charge in [0.2, 0.25) is 11.8 Å². The molecule has 3 aliphatic rings. The summed E-state index contributed by atoms with van der Waals surface area (Å²) >= 11 is 8.09. The average Bonchev–Trinajstić information content (AvgIpc) is 3.15. The molecule has 5 atom stereocenters. The van der Waals surface area contributed by atoms with Gasteiger partial charge in [-0.3, -0.25) is 14.5 Å². The first-order valence-electron chi connectivity index (χ1n) is 13.8. The maximum atomic E-state index is 13.1. The Morgan fingerprint density at radius 1 is 1.15 bits per heavy atom. The summed E-state index contributed by atoms with van der Waals surface area (Å²) in [5.74, 6) is 0.687. The Bertz CT molecular complexity index is 1470. The zero-order chi connectivity index (χ0) is 27.8. The third-order valence-corrected chi connectivity index (χ3v) is 10.6. The lowest BCUT2D eigenvalue weighted by molar-refractivity contribution is -0.145. The Kier molecular flexibility index (Phi) is 9.05. The van der Waals surface area contributed by atoms with Gasteiger partial charge in [0.1, 0.15) is 18.2 Å². The second-order valence-corrected chi connectivity index (χ2v) is 13.5. The van der Waals surface area contributed by atoms with Gasteiger partial charge in [0.25, 0.3) is 0 Å². The number of carbonyl (C=O) groups is 2. The molecular formula is C30H37Cl3N4O3S. The number of hydrogen-bond donors (Lipinski definition) is 0. The highest BCUT2D eigenvalue weighted by atomic mass is 35.5. The molecule has 1 aliphatic carbocycles. The maximum absolute atomic E-state index is 13.1. The van der Waals surface area contributed by atoms with Crippen LogP contribution in [0.15, 0.2) is 24.5 Å². The van der Waals surface area contributed by atoms with Crippen LogP contribution in [0.3, 0.4) is 0 Å². The van der Waals surface area contributed by atoms with Crippen LogP contribution in [0.5, 0.6) is 5.75 Å². The number of amides is 2. The molecule has 1 saturated carbocycles. The van der Waals surface area contributed by atoms with Crippen molar-refractivity contribution in [3.05, 3.63) is 40.0 Å². The van der Waals surface area contributed by atoms with Crippen molar-refractivity contribution in [2.24, 2.45) is 23.2 Å². The number of rotatable bonds is 6. The number of fused-ring (bicyclic) bond motifs is 2. The minimum atomic E-state index is -0.359. The highest BCUT2D eigenvalue weighted by Crippen LogP contribution is 2.64. The number of benzene rings is 1. The topological polar surface area (TPSA) is 75.6 Å². The van der Waals surface area contributed by atoms with Crippen LogP contribution >= 0.6 is 47.8 Å². The van der Waals surface area contributed by atoms with Gasteiger partial charge in [0, 0.05) is 34.5 Å². The number of ether oxygens (including phenoxy) is 1. The van der Waals surface area contributed by atoms with E-state index in [1.807, 2.05) is 45.9 Å². The van der Waals surface area contributed by atoms with Gasteiger partial charge in [-0.2, -0.15) is 0 Å². The number of piperidine rings is 2. The molecule has 2 aliphatic heterocycles. The van der Waals surface area contributed by atoms with Gasteiger partial charge < -0.3 is 9.64 Å². The molecule has 0 spiro atoms. The van der Waals surface area contributed by atoms with E-state index in [9.17, 15) is 9.59 Å². The zero-order valence-electron chi connectivity index (χ0n) is 24.1. The molecule has 7 nitrogen and oxygen atoms in total. The second kappa shape index (κ2) is 11.6. The first kappa shape index (κ1) is 32.0. The monoisotopic (exact) mass is 638 g/mol. The van der Waals surface area contributed by atoms with E-state index in [0.717, 1.165) is 63.7 Å². The van der Waals surface area contributed by atoms with Gasteiger partial charge in [-0.05, 0) is 56.0 Å². The predicted molar refractivity (Wildman–Crippen MR) is 168 cm³/mol. The zero-order valence-corrected chi connectivity index (χ0v) is 27.3. The van der Waals surface area contributed by atoms with Crippen LogP contribution in [-0.2, 0) is 9.59 Å². The summed E-state index contributed by atoms with van der Waals surface area (Å²) in [7, 11) is 0. The van der Waals surface area contributed by atoms with E-state index in [1.54, 1.807) is 6.33 Å².